The highest BCUT2D eigenvalue weighted by Crippen LogP contribution is 2.25. The minimum Gasteiger partial charge on any atom is -0.493 e. The average molecular weight is 373 g/mol. The summed E-state index contributed by atoms with van der Waals surface area (Å²) in [6, 6.07) is 9.88. The van der Waals surface area contributed by atoms with Gasteiger partial charge in [-0.05, 0) is 44.9 Å². The van der Waals surface area contributed by atoms with Crippen molar-refractivity contribution in [3.8, 4) is 5.75 Å². The molecule has 1 aromatic carbocycles. The molecule has 1 aromatic rings. The first-order valence-corrected chi connectivity index (χ1v) is 10.1. The molecule has 0 radical (unpaired) electrons. The van der Waals surface area contributed by atoms with Gasteiger partial charge in [-0.15, -0.1) is 0 Å². The van der Waals surface area contributed by atoms with E-state index < -0.39 is 0 Å². The lowest BCUT2D eigenvalue weighted by Crippen LogP contribution is -2.47. The van der Waals surface area contributed by atoms with Crippen LogP contribution in [0.4, 0.5) is 0 Å². The zero-order valence-electron chi connectivity index (χ0n) is 16.2. The van der Waals surface area contributed by atoms with Gasteiger partial charge >= 0.3 is 0 Å². The highest BCUT2D eigenvalue weighted by atomic mass is 16.5. The van der Waals surface area contributed by atoms with Crippen molar-refractivity contribution in [2.75, 3.05) is 39.8 Å². The summed E-state index contributed by atoms with van der Waals surface area (Å²) >= 11 is 0. The Labute approximate surface area is 161 Å². The number of carbonyl (C=O) groups is 2. The molecule has 0 aliphatic carbocycles. The lowest BCUT2D eigenvalue weighted by Gasteiger charge is -2.35. The fourth-order valence-corrected chi connectivity index (χ4v) is 4.12. The summed E-state index contributed by atoms with van der Waals surface area (Å²) in [5, 5.41) is 3.19. The van der Waals surface area contributed by atoms with Crippen molar-refractivity contribution in [3.63, 3.8) is 0 Å². The molecule has 1 atom stereocenters. The van der Waals surface area contributed by atoms with Gasteiger partial charge in [-0.2, -0.15) is 0 Å². The fourth-order valence-electron chi connectivity index (χ4n) is 4.12. The van der Waals surface area contributed by atoms with Gasteiger partial charge in [0, 0.05) is 38.1 Å². The molecule has 2 fully saturated rings. The summed E-state index contributed by atoms with van der Waals surface area (Å²) in [7, 11) is 1.94. The summed E-state index contributed by atoms with van der Waals surface area (Å²) in [6.07, 6.45) is 4.10. The predicted molar refractivity (Wildman–Crippen MR) is 105 cm³/mol. The number of para-hydroxylation sites is 1. The molecule has 148 valence electrons. The Balaban J connectivity index is 1.40. The summed E-state index contributed by atoms with van der Waals surface area (Å²) < 4.78 is 5.61. The van der Waals surface area contributed by atoms with E-state index in [4.69, 9.17) is 4.74 Å². The Morgan fingerprint density at radius 2 is 1.85 bits per heavy atom. The Morgan fingerprint density at radius 1 is 1.11 bits per heavy atom. The largest absolute Gasteiger partial charge is 0.493 e. The number of rotatable bonds is 7. The molecule has 0 saturated carbocycles. The minimum atomic E-state index is 0.0621. The highest BCUT2D eigenvalue weighted by molar-refractivity contribution is 5.80. The first-order chi connectivity index (χ1) is 13.2. The van der Waals surface area contributed by atoms with Crippen LogP contribution in [0.2, 0.25) is 0 Å². The molecule has 1 unspecified atom stereocenters. The molecular formula is C21H31N3O3. The molecular weight excluding hydrogens is 342 g/mol. The second-order valence-corrected chi connectivity index (χ2v) is 7.45. The second-order valence-electron chi connectivity index (χ2n) is 7.45. The van der Waals surface area contributed by atoms with Crippen LogP contribution in [0.15, 0.2) is 30.3 Å². The van der Waals surface area contributed by atoms with Gasteiger partial charge in [-0.1, -0.05) is 18.2 Å². The van der Waals surface area contributed by atoms with Gasteiger partial charge in [-0.3, -0.25) is 9.59 Å². The Kier molecular flexibility index (Phi) is 7.10. The van der Waals surface area contributed by atoms with Crippen LogP contribution in [0.25, 0.3) is 0 Å². The maximum atomic E-state index is 12.9. The molecule has 2 amide bonds. The van der Waals surface area contributed by atoms with E-state index in [1.54, 1.807) is 0 Å². The number of amides is 2. The quantitative estimate of drug-likeness (QED) is 0.793. The van der Waals surface area contributed by atoms with Crippen LogP contribution in [0, 0.1) is 5.92 Å². The molecule has 1 N–H and O–H groups in total. The summed E-state index contributed by atoms with van der Waals surface area (Å²) in [5.41, 5.74) is 0. The van der Waals surface area contributed by atoms with Crippen molar-refractivity contribution in [2.24, 2.45) is 5.92 Å². The van der Waals surface area contributed by atoms with Crippen LogP contribution >= 0.6 is 0 Å². The van der Waals surface area contributed by atoms with Crippen LogP contribution in [0.1, 0.15) is 32.1 Å². The van der Waals surface area contributed by atoms with E-state index in [1.807, 2.05) is 42.3 Å². The minimum absolute atomic E-state index is 0.0621. The van der Waals surface area contributed by atoms with Crippen LogP contribution in [-0.4, -0.2) is 67.5 Å². The molecule has 2 aliphatic heterocycles. The van der Waals surface area contributed by atoms with Crippen LogP contribution < -0.4 is 10.1 Å². The molecule has 2 saturated heterocycles. The number of likely N-dealkylation sites (N-methyl/N-ethyl adjacent to an activating group) is 1. The van der Waals surface area contributed by atoms with Crippen LogP contribution in [-0.2, 0) is 9.59 Å². The predicted octanol–water partition coefficient (Wildman–Crippen LogP) is 1.90. The van der Waals surface area contributed by atoms with E-state index in [0.29, 0.717) is 32.2 Å². The van der Waals surface area contributed by atoms with Crippen molar-refractivity contribution in [3.05, 3.63) is 30.3 Å². The van der Waals surface area contributed by atoms with E-state index >= 15 is 0 Å². The molecule has 0 aromatic heterocycles. The smallest absolute Gasteiger partial charge is 0.226 e. The first kappa shape index (κ1) is 19.7. The van der Waals surface area contributed by atoms with E-state index in [0.717, 1.165) is 44.5 Å². The molecule has 3 rings (SSSR count). The Hall–Kier alpha value is -2.08. The van der Waals surface area contributed by atoms with Crippen LogP contribution in [0.5, 0.6) is 5.75 Å². The molecule has 2 aliphatic rings. The maximum Gasteiger partial charge on any atom is 0.226 e. The van der Waals surface area contributed by atoms with E-state index in [9.17, 15) is 9.59 Å². The van der Waals surface area contributed by atoms with Gasteiger partial charge in [0.1, 0.15) is 5.75 Å². The molecule has 6 heteroatoms. The van der Waals surface area contributed by atoms with Crippen molar-refractivity contribution < 1.29 is 14.3 Å². The van der Waals surface area contributed by atoms with Gasteiger partial charge in [0.25, 0.3) is 0 Å². The number of nitrogens with one attached hydrogen (secondary N) is 1. The summed E-state index contributed by atoms with van der Waals surface area (Å²) in [4.78, 5) is 29.2. The van der Waals surface area contributed by atoms with E-state index in [2.05, 4.69) is 10.2 Å². The van der Waals surface area contributed by atoms with Crippen molar-refractivity contribution >= 4 is 11.8 Å². The normalized spacial score (nSPS) is 20.7. The third-order valence-corrected chi connectivity index (χ3v) is 5.62. The van der Waals surface area contributed by atoms with Crippen molar-refractivity contribution in [1.29, 1.82) is 0 Å². The van der Waals surface area contributed by atoms with Gasteiger partial charge in [-0.25, -0.2) is 0 Å². The SMILES string of the molecule is CNCC1CCCN1C(=O)C1CCN(C(=O)CCOc2ccccc2)CC1. The van der Waals surface area contributed by atoms with Gasteiger partial charge < -0.3 is 19.9 Å². The molecule has 6 nitrogen and oxygen atoms in total. The zero-order valence-corrected chi connectivity index (χ0v) is 16.2. The fraction of sp³-hybridized carbons (Fsp3) is 0.619. The lowest BCUT2D eigenvalue weighted by atomic mass is 9.94. The second kappa shape index (κ2) is 9.74. The average Bonchev–Trinajstić information content (AvgIpc) is 3.17. The van der Waals surface area contributed by atoms with Gasteiger partial charge in [0.2, 0.25) is 11.8 Å². The maximum absolute atomic E-state index is 12.9. The standard InChI is InChI=1S/C21H31N3O3/c1-22-16-18-6-5-12-24(18)21(26)17-9-13-23(14-10-17)20(25)11-15-27-19-7-3-2-4-8-19/h2-4,7-8,17-18,22H,5-6,9-16H2,1H3. The number of ether oxygens (including phenoxy) is 1. The molecule has 27 heavy (non-hydrogen) atoms. The number of hydrogen-bond acceptors (Lipinski definition) is 4. The Bertz CT molecular complexity index is 614. The number of likely N-dealkylation sites (tertiary alicyclic amines) is 2. The summed E-state index contributed by atoms with van der Waals surface area (Å²) in [6.45, 7) is 3.48. The van der Waals surface area contributed by atoms with Crippen molar-refractivity contribution in [1.82, 2.24) is 15.1 Å². The number of nitrogens with zero attached hydrogens (tertiary/aromatic N) is 2. The van der Waals surface area contributed by atoms with Gasteiger partial charge in [0.05, 0.1) is 13.0 Å². The van der Waals surface area contributed by atoms with E-state index in [1.165, 1.54) is 0 Å². The first-order valence-electron chi connectivity index (χ1n) is 10.1. The third kappa shape index (κ3) is 5.22. The van der Waals surface area contributed by atoms with Crippen LogP contribution in [0.3, 0.4) is 0 Å². The molecule has 2 heterocycles. The number of hydrogen-bond donors (Lipinski definition) is 1. The molecule has 0 spiro atoms. The monoisotopic (exact) mass is 373 g/mol. The third-order valence-electron chi connectivity index (χ3n) is 5.62. The number of carbonyl (C=O) groups excluding carboxylic acids is 2. The lowest BCUT2D eigenvalue weighted by molar-refractivity contribution is -0.141. The topological polar surface area (TPSA) is 61.9 Å². The summed E-state index contributed by atoms with van der Waals surface area (Å²) in [5.74, 6) is 1.25. The number of benzene rings is 1. The number of piperidine rings is 1. The van der Waals surface area contributed by atoms with Crippen molar-refractivity contribution in [2.45, 2.75) is 38.1 Å². The molecule has 0 bridgehead atoms. The highest BCUT2D eigenvalue weighted by Gasteiger charge is 2.34. The Morgan fingerprint density at radius 3 is 2.56 bits per heavy atom. The van der Waals surface area contributed by atoms with Gasteiger partial charge in [0.15, 0.2) is 0 Å². The van der Waals surface area contributed by atoms with E-state index in [-0.39, 0.29) is 17.7 Å². The zero-order chi connectivity index (χ0) is 19.1.